The summed E-state index contributed by atoms with van der Waals surface area (Å²) in [5, 5.41) is 15.6. The topological polar surface area (TPSA) is 88.9 Å². The van der Waals surface area contributed by atoms with E-state index in [4.69, 9.17) is 11.6 Å². The van der Waals surface area contributed by atoms with Crippen LogP contribution >= 0.6 is 23.4 Å². The Balaban J connectivity index is 1.70. The molecule has 9 heteroatoms. The van der Waals surface area contributed by atoms with Crippen molar-refractivity contribution in [3.8, 4) is 0 Å². The lowest BCUT2D eigenvalue weighted by atomic mass is 10.0. The van der Waals surface area contributed by atoms with Gasteiger partial charge >= 0.3 is 0 Å². The van der Waals surface area contributed by atoms with Crippen LogP contribution in [0.15, 0.2) is 47.6 Å². The lowest BCUT2D eigenvalue weighted by Gasteiger charge is -2.20. The average molecular weight is 500 g/mol. The molecular weight excluding hydrogens is 470 g/mol. The number of carbonyl (C=O) groups is 2. The molecule has 1 aromatic heterocycles. The SMILES string of the molecule is Cc1cccc(NC(=O)CSc2nnc(C(CC(C)C)NC(=O)c3ccccc3Cl)n2C)c1C. The maximum atomic E-state index is 12.9. The number of thioether (sulfide) groups is 1. The lowest BCUT2D eigenvalue weighted by Crippen LogP contribution is -2.31. The van der Waals surface area contributed by atoms with Gasteiger partial charge in [0, 0.05) is 12.7 Å². The molecule has 1 atom stereocenters. The number of aryl methyl sites for hydroxylation is 1. The van der Waals surface area contributed by atoms with E-state index in [1.807, 2.05) is 43.7 Å². The first-order valence-corrected chi connectivity index (χ1v) is 12.5. The highest BCUT2D eigenvalue weighted by Gasteiger charge is 2.24. The van der Waals surface area contributed by atoms with E-state index < -0.39 is 0 Å². The average Bonchev–Trinajstić information content (AvgIpc) is 3.15. The van der Waals surface area contributed by atoms with Crippen molar-refractivity contribution in [1.29, 1.82) is 0 Å². The number of benzene rings is 2. The summed E-state index contributed by atoms with van der Waals surface area (Å²) in [4.78, 5) is 25.4. The molecule has 0 bridgehead atoms. The summed E-state index contributed by atoms with van der Waals surface area (Å²) in [6.45, 7) is 8.16. The van der Waals surface area contributed by atoms with Gasteiger partial charge in [0.1, 0.15) is 0 Å². The van der Waals surface area contributed by atoms with Crippen molar-refractivity contribution in [2.75, 3.05) is 11.1 Å². The fourth-order valence-corrected chi connectivity index (χ4v) is 4.48. The van der Waals surface area contributed by atoms with Crippen molar-refractivity contribution in [3.05, 3.63) is 70.0 Å². The minimum atomic E-state index is -0.348. The monoisotopic (exact) mass is 499 g/mol. The smallest absolute Gasteiger partial charge is 0.253 e. The van der Waals surface area contributed by atoms with Crippen molar-refractivity contribution in [2.24, 2.45) is 13.0 Å². The van der Waals surface area contributed by atoms with Crippen molar-refractivity contribution in [3.63, 3.8) is 0 Å². The standard InChI is InChI=1S/C25H30ClN5O2S/c1-15(2)13-21(28-24(33)18-10-6-7-11-19(18)26)23-29-30-25(31(23)5)34-14-22(32)27-20-12-8-9-16(3)17(20)4/h6-12,15,21H,13-14H2,1-5H3,(H,27,32)(H,28,33). The van der Waals surface area contributed by atoms with Crippen LogP contribution in [0.2, 0.25) is 5.02 Å². The summed E-state index contributed by atoms with van der Waals surface area (Å²) in [7, 11) is 1.84. The van der Waals surface area contributed by atoms with Crippen LogP contribution in [-0.4, -0.2) is 32.3 Å². The summed E-state index contributed by atoms with van der Waals surface area (Å²) < 4.78 is 1.83. The van der Waals surface area contributed by atoms with Gasteiger partial charge in [-0.3, -0.25) is 9.59 Å². The molecule has 34 heavy (non-hydrogen) atoms. The molecule has 0 aliphatic heterocycles. The van der Waals surface area contributed by atoms with Crippen LogP contribution in [0.5, 0.6) is 0 Å². The summed E-state index contributed by atoms with van der Waals surface area (Å²) in [5.41, 5.74) is 3.40. The third kappa shape index (κ3) is 6.39. The van der Waals surface area contributed by atoms with Crippen LogP contribution in [0, 0.1) is 19.8 Å². The van der Waals surface area contributed by atoms with Crippen LogP contribution in [0.3, 0.4) is 0 Å². The highest BCUT2D eigenvalue weighted by molar-refractivity contribution is 7.99. The van der Waals surface area contributed by atoms with Gasteiger partial charge in [-0.2, -0.15) is 0 Å². The molecule has 0 saturated carbocycles. The molecule has 0 fully saturated rings. The van der Waals surface area contributed by atoms with Gasteiger partial charge in [-0.05, 0) is 55.5 Å². The van der Waals surface area contributed by atoms with E-state index in [0.717, 1.165) is 16.8 Å². The second-order valence-corrected chi connectivity index (χ2v) is 9.97. The van der Waals surface area contributed by atoms with E-state index in [2.05, 4.69) is 34.7 Å². The van der Waals surface area contributed by atoms with E-state index in [0.29, 0.717) is 33.9 Å². The molecule has 7 nitrogen and oxygen atoms in total. The molecule has 2 N–H and O–H groups in total. The maximum absolute atomic E-state index is 12.9. The van der Waals surface area contributed by atoms with Crippen LogP contribution in [0.4, 0.5) is 5.69 Å². The van der Waals surface area contributed by atoms with Gasteiger partial charge in [-0.15, -0.1) is 10.2 Å². The highest BCUT2D eigenvalue weighted by Crippen LogP contribution is 2.25. The van der Waals surface area contributed by atoms with E-state index in [-0.39, 0.29) is 23.6 Å². The Bertz CT molecular complexity index is 1180. The minimum Gasteiger partial charge on any atom is -0.342 e. The Kier molecular flexibility index (Phi) is 8.74. The van der Waals surface area contributed by atoms with Crippen LogP contribution in [0.25, 0.3) is 0 Å². The summed E-state index contributed by atoms with van der Waals surface area (Å²) >= 11 is 7.50. The number of aromatic nitrogens is 3. The first kappa shape index (κ1) is 25.8. The van der Waals surface area contributed by atoms with Gasteiger partial charge < -0.3 is 15.2 Å². The predicted octanol–water partition coefficient (Wildman–Crippen LogP) is 5.33. The third-order valence-corrected chi connectivity index (χ3v) is 6.87. The van der Waals surface area contributed by atoms with Gasteiger partial charge in [0.05, 0.1) is 22.4 Å². The molecule has 3 aromatic rings. The highest BCUT2D eigenvalue weighted by atomic mass is 35.5. The fraction of sp³-hybridized carbons (Fsp3) is 0.360. The second kappa shape index (κ2) is 11.5. The van der Waals surface area contributed by atoms with Crippen molar-refractivity contribution in [1.82, 2.24) is 20.1 Å². The van der Waals surface area contributed by atoms with Crippen LogP contribution in [0.1, 0.15) is 53.6 Å². The minimum absolute atomic E-state index is 0.117. The molecule has 0 radical (unpaired) electrons. The predicted molar refractivity (Wildman–Crippen MR) is 137 cm³/mol. The number of amides is 2. The summed E-state index contributed by atoms with van der Waals surface area (Å²) in [5.74, 6) is 0.759. The van der Waals surface area contributed by atoms with Gasteiger partial charge in [0.25, 0.3) is 5.91 Å². The van der Waals surface area contributed by atoms with Crippen molar-refractivity contribution < 1.29 is 9.59 Å². The number of carbonyl (C=O) groups excluding carboxylic acids is 2. The molecule has 1 unspecified atom stereocenters. The molecule has 1 heterocycles. The molecule has 2 amide bonds. The van der Waals surface area contributed by atoms with Gasteiger partial charge in [0.2, 0.25) is 5.91 Å². The third-order valence-electron chi connectivity index (χ3n) is 5.52. The van der Waals surface area contributed by atoms with Crippen LogP contribution in [-0.2, 0) is 11.8 Å². The molecule has 0 aliphatic carbocycles. The Morgan fingerprint density at radius 2 is 1.82 bits per heavy atom. The second-order valence-electron chi connectivity index (χ2n) is 8.62. The zero-order valence-corrected chi connectivity index (χ0v) is 21.6. The van der Waals surface area contributed by atoms with E-state index in [1.165, 1.54) is 11.8 Å². The Labute approximate surface area is 209 Å². The van der Waals surface area contributed by atoms with Gasteiger partial charge in [-0.25, -0.2) is 0 Å². The zero-order valence-electron chi connectivity index (χ0n) is 20.1. The normalized spacial score (nSPS) is 12.0. The van der Waals surface area contributed by atoms with E-state index in [1.54, 1.807) is 24.3 Å². The lowest BCUT2D eigenvalue weighted by molar-refractivity contribution is -0.113. The summed E-state index contributed by atoms with van der Waals surface area (Å²) in [6.07, 6.45) is 0.681. The van der Waals surface area contributed by atoms with E-state index in [9.17, 15) is 9.59 Å². The van der Waals surface area contributed by atoms with Crippen molar-refractivity contribution in [2.45, 2.75) is 45.3 Å². The maximum Gasteiger partial charge on any atom is 0.253 e. The Morgan fingerprint density at radius 1 is 1.09 bits per heavy atom. The van der Waals surface area contributed by atoms with Gasteiger partial charge in [-0.1, -0.05) is 61.5 Å². The Morgan fingerprint density at radius 3 is 2.53 bits per heavy atom. The molecule has 3 rings (SSSR count). The molecule has 0 spiro atoms. The number of hydrogen-bond donors (Lipinski definition) is 2. The quantitative estimate of drug-likeness (QED) is 0.388. The number of halogens is 1. The largest absolute Gasteiger partial charge is 0.342 e. The van der Waals surface area contributed by atoms with Crippen LogP contribution < -0.4 is 10.6 Å². The molecule has 180 valence electrons. The molecule has 0 saturated heterocycles. The first-order chi connectivity index (χ1) is 16.2. The number of nitrogens with one attached hydrogen (secondary N) is 2. The Hall–Kier alpha value is -2.84. The molecule has 2 aromatic carbocycles. The zero-order chi connectivity index (χ0) is 24.8. The van der Waals surface area contributed by atoms with Crippen molar-refractivity contribution >= 4 is 40.9 Å². The number of rotatable bonds is 9. The fourth-order valence-electron chi connectivity index (χ4n) is 3.54. The number of anilines is 1. The molecule has 0 aliphatic rings. The number of nitrogens with zero attached hydrogens (tertiary/aromatic N) is 3. The first-order valence-electron chi connectivity index (χ1n) is 11.1. The number of hydrogen-bond acceptors (Lipinski definition) is 5. The van der Waals surface area contributed by atoms with Gasteiger partial charge in [0.15, 0.2) is 11.0 Å². The van der Waals surface area contributed by atoms with E-state index >= 15 is 0 Å². The summed E-state index contributed by atoms with van der Waals surface area (Å²) in [6, 6.07) is 12.4. The molecular formula is C25H30ClN5O2S.